The van der Waals surface area contributed by atoms with Crippen molar-refractivity contribution >= 4 is 22.7 Å². The Balaban J connectivity index is 1.48. The number of hydrogen-bond acceptors (Lipinski definition) is 6. The smallest absolute Gasteiger partial charge is 0.411 e. The van der Waals surface area contributed by atoms with Crippen LogP contribution in [-0.2, 0) is 4.74 Å². The van der Waals surface area contributed by atoms with Crippen LogP contribution in [0.15, 0.2) is 48.7 Å². The number of carbonyl (C=O) groups is 1. The fraction of sp³-hybridized carbons (Fsp3) is 0.273. The van der Waals surface area contributed by atoms with Crippen LogP contribution in [0.2, 0.25) is 0 Å². The van der Waals surface area contributed by atoms with Gasteiger partial charge in [-0.2, -0.15) is 0 Å². The van der Waals surface area contributed by atoms with Crippen LogP contribution in [-0.4, -0.2) is 31.9 Å². The zero-order valence-corrected chi connectivity index (χ0v) is 16.3. The van der Waals surface area contributed by atoms with Gasteiger partial charge in [-0.25, -0.2) is 4.79 Å². The lowest BCUT2D eigenvalue weighted by molar-refractivity contribution is 0.156. The van der Waals surface area contributed by atoms with E-state index in [-0.39, 0.29) is 0 Å². The number of carbonyl (C=O) groups excluding carboxylic acids is 1. The molecule has 0 bridgehead atoms. The van der Waals surface area contributed by atoms with Crippen molar-refractivity contribution < 1.29 is 23.7 Å². The van der Waals surface area contributed by atoms with Gasteiger partial charge in [0.25, 0.3) is 0 Å². The number of aromatic nitrogens is 1. The number of amides is 1. The highest BCUT2D eigenvalue weighted by Crippen LogP contribution is 2.37. The molecule has 0 atom stereocenters. The molecule has 1 aliphatic carbocycles. The molecule has 29 heavy (non-hydrogen) atoms. The molecule has 1 saturated carbocycles. The maximum Gasteiger partial charge on any atom is 0.411 e. The third-order valence-electron chi connectivity index (χ3n) is 4.68. The first-order chi connectivity index (χ1) is 14.2. The molecule has 4 rings (SSSR count). The standard InChI is InChI=1S/C22H22N2O5/c1-26-20-11-17-18(12-21(20)27-2)23-10-9-19(17)29-16-7-5-15(6-8-16)24-22(25)28-13-14-3-4-14/h5-12,14H,3-4,13H2,1-2H3,(H,24,25). The van der Waals surface area contributed by atoms with Gasteiger partial charge in [-0.1, -0.05) is 0 Å². The van der Waals surface area contributed by atoms with Crippen molar-refractivity contribution in [2.45, 2.75) is 12.8 Å². The van der Waals surface area contributed by atoms with E-state index in [1.165, 1.54) is 0 Å². The number of pyridine rings is 1. The molecule has 3 aromatic rings. The van der Waals surface area contributed by atoms with Gasteiger partial charge in [0, 0.05) is 23.3 Å². The number of anilines is 1. The maximum absolute atomic E-state index is 11.8. The van der Waals surface area contributed by atoms with Gasteiger partial charge in [-0.15, -0.1) is 0 Å². The van der Waals surface area contributed by atoms with Crippen LogP contribution in [0.4, 0.5) is 10.5 Å². The van der Waals surface area contributed by atoms with Crippen LogP contribution in [0.1, 0.15) is 12.8 Å². The molecule has 1 aromatic heterocycles. The maximum atomic E-state index is 11.8. The Bertz CT molecular complexity index is 1020. The van der Waals surface area contributed by atoms with Crippen molar-refractivity contribution in [3.63, 3.8) is 0 Å². The molecule has 7 heteroatoms. The minimum absolute atomic E-state index is 0.438. The van der Waals surface area contributed by atoms with Crippen LogP contribution in [0.3, 0.4) is 0 Å². The minimum atomic E-state index is -0.438. The Morgan fingerprint density at radius 3 is 2.45 bits per heavy atom. The van der Waals surface area contributed by atoms with Gasteiger partial charge in [0.05, 0.1) is 26.3 Å². The number of ether oxygens (including phenoxy) is 4. The monoisotopic (exact) mass is 394 g/mol. The van der Waals surface area contributed by atoms with Gasteiger partial charge >= 0.3 is 6.09 Å². The second-order valence-electron chi connectivity index (χ2n) is 6.83. The van der Waals surface area contributed by atoms with Gasteiger partial charge in [0.15, 0.2) is 11.5 Å². The summed E-state index contributed by atoms with van der Waals surface area (Å²) in [6.45, 7) is 0.483. The summed E-state index contributed by atoms with van der Waals surface area (Å²) < 4.78 is 21.9. The topological polar surface area (TPSA) is 78.9 Å². The van der Waals surface area contributed by atoms with Crippen LogP contribution in [0, 0.1) is 5.92 Å². The van der Waals surface area contributed by atoms with Crippen molar-refractivity contribution in [3.05, 3.63) is 48.7 Å². The zero-order chi connectivity index (χ0) is 20.2. The molecule has 0 unspecified atom stereocenters. The molecule has 1 heterocycles. The van der Waals surface area contributed by atoms with Crippen molar-refractivity contribution in [1.82, 2.24) is 4.98 Å². The highest BCUT2D eigenvalue weighted by molar-refractivity contribution is 5.88. The summed E-state index contributed by atoms with van der Waals surface area (Å²) in [4.78, 5) is 16.2. The molecule has 1 amide bonds. The number of methoxy groups -OCH3 is 2. The van der Waals surface area contributed by atoms with Crippen molar-refractivity contribution in [2.24, 2.45) is 5.92 Å². The molecule has 1 N–H and O–H groups in total. The predicted octanol–water partition coefficient (Wildman–Crippen LogP) is 5.00. The third kappa shape index (κ3) is 4.51. The summed E-state index contributed by atoms with van der Waals surface area (Å²) in [6.07, 6.45) is 3.52. The van der Waals surface area contributed by atoms with Gasteiger partial charge in [-0.05, 0) is 55.2 Å². The van der Waals surface area contributed by atoms with E-state index in [9.17, 15) is 4.79 Å². The first kappa shape index (κ1) is 18.9. The second-order valence-corrected chi connectivity index (χ2v) is 6.83. The lowest BCUT2D eigenvalue weighted by atomic mass is 10.2. The highest BCUT2D eigenvalue weighted by Gasteiger charge is 2.23. The largest absolute Gasteiger partial charge is 0.493 e. The SMILES string of the molecule is COc1cc2nccc(Oc3ccc(NC(=O)OCC4CC4)cc3)c2cc1OC. The first-order valence-electron chi connectivity index (χ1n) is 9.38. The van der Waals surface area contributed by atoms with Crippen molar-refractivity contribution in [1.29, 1.82) is 0 Å². The predicted molar refractivity (Wildman–Crippen MR) is 109 cm³/mol. The molecule has 0 radical (unpaired) electrons. The van der Waals surface area contributed by atoms with Crippen LogP contribution < -0.4 is 19.5 Å². The average Bonchev–Trinajstić information content (AvgIpc) is 3.57. The summed E-state index contributed by atoms with van der Waals surface area (Å²) in [5.41, 5.74) is 1.38. The van der Waals surface area contributed by atoms with Crippen LogP contribution in [0.25, 0.3) is 10.9 Å². The summed E-state index contributed by atoms with van der Waals surface area (Å²) in [7, 11) is 3.17. The van der Waals surface area contributed by atoms with E-state index in [1.807, 2.05) is 6.07 Å². The normalized spacial score (nSPS) is 13.0. The first-order valence-corrected chi connectivity index (χ1v) is 9.38. The summed E-state index contributed by atoms with van der Waals surface area (Å²) in [5, 5.41) is 3.52. The number of nitrogens with one attached hydrogen (secondary N) is 1. The molecule has 0 spiro atoms. The second kappa shape index (κ2) is 8.26. The fourth-order valence-corrected chi connectivity index (χ4v) is 2.90. The number of nitrogens with zero attached hydrogens (tertiary/aromatic N) is 1. The molecule has 1 fully saturated rings. The summed E-state index contributed by atoms with van der Waals surface area (Å²) >= 11 is 0. The summed E-state index contributed by atoms with van der Waals surface area (Å²) in [5.74, 6) is 3.01. The molecule has 7 nitrogen and oxygen atoms in total. The molecule has 1 aliphatic rings. The molecule has 0 saturated heterocycles. The van der Waals surface area contributed by atoms with E-state index >= 15 is 0 Å². The van der Waals surface area contributed by atoms with E-state index in [4.69, 9.17) is 18.9 Å². The van der Waals surface area contributed by atoms with Crippen LogP contribution >= 0.6 is 0 Å². The highest BCUT2D eigenvalue weighted by atomic mass is 16.5. The van der Waals surface area contributed by atoms with Crippen molar-refractivity contribution in [3.8, 4) is 23.0 Å². The van der Waals surface area contributed by atoms with Crippen molar-refractivity contribution in [2.75, 3.05) is 26.1 Å². The third-order valence-corrected chi connectivity index (χ3v) is 4.68. The van der Waals surface area contributed by atoms with E-state index in [2.05, 4.69) is 10.3 Å². The Hall–Kier alpha value is -3.48. The molecular formula is C22H22N2O5. The molecular weight excluding hydrogens is 372 g/mol. The summed E-state index contributed by atoms with van der Waals surface area (Å²) in [6, 6.07) is 12.5. The number of benzene rings is 2. The quantitative estimate of drug-likeness (QED) is 0.607. The van der Waals surface area contributed by atoms with E-state index < -0.39 is 6.09 Å². The van der Waals surface area contributed by atoms with E-state index in [0.29, 0.717) is 41.2 Å². The number of fused-ring (bicyclic) bond motifs is 1. The van der Waals surface area contributed by atoms with E-state index in [0.717, 1.165) is 23.7 Å². The minimum Gasteiger partial charge on any atom is -0.493 e. The zero-order valence-electron chi connectivity index (χ0n) is 16.3. The van der Waals surface area contributed by atoms with E-state index in [1.54, 1.807) is 56.8 Å². The number of rotatable bonds is 7. The Kier molecular flexibility index (Phi) is 5.37. The fourth-order valence-electron chi connectivity index (χ4n) is 2.90. The average molecular weight is 394 g/mol. The van der Waals surface area contributed by atoms with Crippen LogP contribution in [0.5, 0.6) is 23.0 Å². The Morgan fingerprint density at radius 2 is 1.76 bits per heavy atom. The Labute approximate surface area is 168 Å². The van der Waals surface area contributed by atoms with Gasteiger partial charge in [0.2, 0.25) is 0 Å². The molecule has 0 aliphatic heterocycles. The van der Waals surface area contributed by atoms with Gasteiger partial charge < -0.3 is 18.9 Å². The number of hydrogen-bond donors (Lipinski definition) is 1. The Morgan fingerprint density at radius 1 is 1.03 bits per heavy atom. The molecule has 150 valence electrons. The lowest BCUT2D eigenvalue weighted by Crippen LogP contribution is -2.14. The van der Waals surface area contributed by atoms with Gasteiger partial charge in [-0.3, -0.25) is 10.3 Å². The molecule has 2 aromatic carbocycles. The lowest BCUT2D eigenvalue weighted by Gasteiger charge is -2.12. The van der Waals surface area contributed by atoms with Gasteiger partial charge in [0.1, 0.15) is 11.5 Å².